The highest BCUT2D eigenvalue weighted by Gasteiger charge is 2.43. The van der Waals surface area contributed by atoms with Crippen molar-refractivity contribution in [3.8, 4) is 11.3 Å². The molecule has 4 rings (SSSR count). The number of nitrogens with zero attached hydrogens (tertiary/aromatic N) is 2. The number of methoxy groups -OCH3 is 1. The first-order chi connectivity index (χ1) is 11.3. The van der Waals surface area contributed by atoms with Gasteiger partial charge in [0.2, 0.25) is 0 Å². The standard InChI is InChI=1S/C20H26N2O/c1-23-14-20(11-12-20)13-22-15-21-18(16-7-3-2-4-8-16)19(22)17-9-5-6-10-17/h2-4,7-8,15,17H,5-6,9-14H2,1H3. The lowest BCUT2D eigenvalue weighted by molar-refractivity contribution is 0.130. The van der Waals surface area contributed by atoms with Gasteiger partial charge in [-0.25, -0.2) is 4.98 Å². The molecule has 1 heterocycles. The van der Waals surface area contributed by atoms with Gasteiger partial charge in [0.25, 0.3) is 0 Å². The SMILES string of the molecule is COCC1(Cn2cnc(-c3ccccc3)c2C2CCCC2)CC1. The zero-order valence-electron chi connectivity index (χ0n) is 14.0. The molecule has 2 fully saturated rings. The number of aromatic nitrogens is 2. The quantitative estimate of drug-likeness (QED) is 0.777. The van der Waals surface area contributed by atoms with E-state index in [1.165, 1.54) is 55.5 Å². The van der Waals surface area contributed by atoms with Gasteiger partial charge < -0.3 is 9.30 Å². The van der Waals surface area contributed by atoms with E-state index < -0.39 is 0 Å². The van der Waals surface area contributed by atoms with Crippen LogP contribution in [0.1, 0.15) is 50.1 Å². The number of hydrogen-bond donors (Lipinski definition) is 0. The summed E-state index contributed by atoms with van der Waals surface area (Å²) >= 11 is 0. The summed E-state index contributed by atoms with van der Waals surface area (Å²) in [4.78, 5) is 4.83. The first kappa shape index (κ1) is 14.9. The van der Waals surface area contributed by atoms with Crippen LogP contribution in [0.5, 0.6) is 0 Å². The van der Waals surface area contributed by atoms with E-state index in [1.54, 1.807) is 0 Å². The Morgan fingerprint density at radius 1 is 1.17 bits per heavy atom. The predicted octanol–water partition coefficient (Wildman–Crippen LogP) is 4.63. The molecule has 23 heavy (non-hydrogen) atoms. The Labute approximate surface area is 138 Å². The summed E-state index contributed by atoms with van der Waals surface area (Å²) in [5.74, 6) is 0.672. The van der Waals surface area contributed by atoms with Gasteiger partial charge in [0, 0.05) is 36.2 Å². The van der Waals surface area contributed by atoms with E-state index >= 15 is 0 Å². The zero-order chi connectivity index (χ0) is 15.7. The zero-order valence-corrected chi connectivity index (χ0v) is 14.0. The van der Waals surface area contributed by atoms with Crippen LogP contribution in [0.2, 0.25) is 0 Å². The Kier molecular flexibility index (Phi) is 3.98. The fourth-order valence-electron chi connectivity index (χ4n) is 4.16. The number of benzene rings is 1. The van der Waals surface area contributed by atoms with E-state index in [-0.39, 0.29) is 0 Å². The van der Waals surface area contributed by atoms with Gasteiger partial charge in [-0.3, -0.25) is 0 Å². The molecule has 0 unspecified atom stereocenters. The fraction of sp³-hybridized carbons (Fsp3) is 0.550. The van der Waals surface area contributed by atoms with Crippen molar-refractivity contribution in [2.24, 2.45) is 5.41 Å². The van der Waals surface area contributed by atoms with Gasteiger partial charge in [0.05, 0.1) is 18.6 Å². The molecule has 1 aromatic heterocycles. The van der Waals surface area contributed by atoms with Crippen molar-refractivity contribution in [2.75, 3.05) is 13.7 Å². The molecule has 0 N–H and O–H groups in total. The van der Waals surface area contributed by atoms with E-state index in [1.807, 2.05) is 7.11 Å². The fourth-order valence-corrected chi connectivity index (χ4v) is 4.16. The topological polar surface area (TPSA) is 27.1 Å². The van der Waals surface area contributed by atoms with Crippen molar-refractivity contribution >= 4 is 0 Å². The molecule has 3 nitrogen and oxygen atoms in total. The van der Waals surface area contributed by atoms with Crippen LogP contribution in [0.15, 0.2) is 36.7 Å². The first-order valence-corrected chi connectivity index (χ1v) is 8.91. The van der Waals surface area contributed by atoms with E-state index in [2.05, 4.69) is 41.2 Å². The molecule has 122 valence electrons. The Morgan fingerprint density at radius 2 is 1.91 bits per heavy atom. The van der Waals surface area contributed by atoms with Gasteiger partial charge in [-0.15, -0.1) is 0 Å². The third kappa shape index (κ3) is 2.94. The van der Waals surface area contributed by atoms with Crippen LogP contribution >= 0.6 is 0 Å². The van der Waals surface area contributed by atoms with Gasteiger partial charge in [-0.05, 0) is 25.7 Å². The summed E-state index contributed by atoms with van der Waals surface area (Å²) in [7, 11) is 1.82. The number of ether oxygens (including phenoxy) is 1. The van der Waals surface area contributed by atoms with Crippen LogP contribution < -0.4 is 0 Å². The molecule has 0 atom stereocenters. The van der Waals surface area contributed by atoms with Crippen LogP contribution in [0.3, 0.4) is 0 Å². The lowest BCUT2D eigenvalue weighted by Gasteiger charge is -2.20. The van der Waals surface area contributed by atoms with Gasteiger partial charge >= 0.3 is 0 Å². The number of hydrogen-bond acceptors (Lipinski definition) is 2. The smallest absolute Gasteiger partial charge is 0.0956 e. The molecule has 1 aromatic carbocycles. The third-order valence-corrected chi connectivity index (χ3v) is 5.58. The molecule has 2 aromatic rings. The molecule has 3 heteroatoms. The third-order valence-electron chi connectivity index (χ3n) is 5.58. The summed E-state index contributed by atoms with van der Waals surface area (Å²) in [6.45, 7) is 1.93. The summed E-state index contributed by atoms with van der Waals surface area (Å²) < 4.78 is 7.91. The Morgan fingerprint density at radius 3 is 2.57 bits per heavy atom. The highest BCUT2D eigenvalue weighted by Crippen LogP contribution is 2.48. The van der Waals surface area contributed by atoms with E-state index in [9.17, 15) is 0 Å². The minimum Gasteiger partial charge on any atom is -0.384 e. The highest BCUT2D eigenvalue weighted by molar-refractivity contribution is 5.62. The normalized spacial score (nSPS) is 20.0. The van der Waals surface area contributed by atoms with Crippen molar-refractivity contribution < 1.29 is 4.74 Å². The van der Waals surface area contributed by atoms with Crippen molar-refractivity contribution in [1.82, 2.24) is 9.55 Å². The molecule has 0 saturated heterocycles. The molecular weight excluding hydrogens is 284 g/mol. The van der Waals surface area contributed by atoms with Gasteiger partial charge in [-0.1, -0.05) is 43.2 Å². The van der Waals surface area contributed by atoms with Crippen molar-refractivity contribution in [2.45, 2.75) is 51.0 Å². The van der Waals surface area contributed by atoms with E-state index in [0.29, 0.717) is 11.3 Å². The number of rotatable bonds is 6. The average Bonchev–Trinajstić information content (AvgIpc) is 2.99. The first-order valence-electron chi connectivity index (χ1n) is 8.91. The van der Waals surface area contributed by atoms with Gasteiger partial charge in [0.1, 0.15) is 0 Å². The molecular formula is C20H26N2O. The summed E-state index contributed by atoms with van der Waals surface area (Å²) in [5.41, 5.74) is 4.28. The summed E-state index contributed by atoms with van der Waals surface area (Å²) in [6.07, 6.45) is 9.96. The Hall–Kier alpha value is -1.61. The maximum absolute atomic E-state index is 5.46. The van der Waals surface area contributed by atoms with Crippen molar-refractivity contribution in [1.29, 1.82) is 0 Å². The summed E-state index contributed by atoms with van der Waals surface area (Å²) in [5, 5.41) is 0. The van der Waals surface area contributed by atoms with Crippen LogP contribution in [-0.2, 0) is 11.3 Å². The molecule has 0 bridgehead atoms. The average molecular weight is 310 g/mol. The molecule has 0 spiro atoms. The molecule has 0 radical (unpaired) electrons. The van der Waals surface area contributed by atoms with Crippen LogP contribution in [0.25, 0.3) is 11.3 Å². The Bertz CT molecular complexity index is 652. The molecule has 2 aliphatic carbocycles. The second-order valence-corrected chi connectivity index (χ2v) is 7.39. The molecule has 0 amide bonds. The molecule has 2 aliphatic rings. The Balaban J connectivity index is 1.70. The number of imidazole rings is 1. The maximum atomic E-state index is 5.46. The van der Waals surface area contributed by atoms with Crippen molar-refractivity contribution in [3.63, 3.8) is 0 Å². The minimum absolute atomic E-state index is 0.358. The molecule has 2 saturated carbocycles. The van der Waals surface area contributed by atoms with Gasteiger partial charge in [0.15, 0.2) is 0 Å². The highest BCUT2D eigenvalue weighted by atomic mass is 16.5. The second-order valence-electron chi connectivity index (χ2n) is 7.39. The van der Waals surface area contributed by atoms with E-state index in [0.717, 1.165) is 13.2 Å². The summed E-state index contributed by atoms with van der Waals surface area (Å²) in [6, 6.07) is 10.7. The van der Waals surface area contributed by atoms with Crippen LogP contribution in [0, 0.1) is 5.41 Å². The minimum atomic E-state index is 0.358. The monoisotopic (exact) mass is 310 g/mol. The lowest BCUT2D eigenvalue weighted by atomic mass is 9.97. The van der Waals surface area contributed by atoms with Crippen LogP contribution in [0.4, 0.5) is 0 Å². The van der Waals surface area contributed by atoms with Crippen molar-refractivity contribution in [3.05, 3.63) is 42.4 Å². The maximum Gasteiger partial charge on any atom is 0.0956 e. The van der Waals surface area contributed by atoms with E-state index in [4.69, 9.17) is 9.72 Å². The predicted molar refractivity (Wildman–Crippen MR) is 92.4 cm³/mol. The lowest BCUT2D eigenvalue weighted by Crippen LogP contribution is -2.19. The second kappa shape index (κ2) is 6.12. The largest absolute Gasteiger partial charge is 0.384 e. The molecule has 0 aliphatic heterocycles. The van der Waals surface area contributed by atoms with Crippen LogP contribution in [-0.4, -0.2) is 23.3 Å². The van der Waals surface area contributed by atoms with Gasteiger partial charge in [-0.2, -0.15) is 0 Å².